The minimum Gasteiger partial charge on any atom is -0.322 e. The fourth-order valence-electron chi connectivity index (χ4n) is 1.43. The molecule has 0 aliphatic rings. The van der Waals surface area contributed by atoms with Crippen molar-refractivity contribution in [1.82, 2.24) is 4.98 Å². The first kappa shape index (κ1) is 15.3. The van der Waals surface area contributed by atoms with Crippen LogP contribution in [0.1, 0.15) is 10.4 Å². The fourth-order valence-corrected chi connectivity index (χ4v) is 2.37. The van der Waals surface area contributed by atoms with Crippen LogP contribution in [0, 0.1) is 5.82 Å². The maximum atomic E-state index is 13.3. The molecule has 104 valence electrons. The quantitative estimate of drug-likeness (QED) is 0.603. The van der Waals surface area contributed by atoms with Gasteiger partial charge in [-0.3, -0.25) is 4.79 Å². The summed E-state index contributed by atoms with van der Waals surface area (Å²) in [7, 11) is 0. The van der Waals surface area contributed by atoms with E-state index in [4.69, 9.17) is 46.4 Å². The van der Waals surface area contributed by atoms with E-state index in [0.29, 0.717) is 0 Å². The Kier molecular flexibility index (Phi) is 4.70. The van der Waals surface area contributed by atoms with Crippen LogP contribution in [0.25, 0.3) is 0 Å². The number of benzene rings is 1. The van der Waals surface area contributed by atoms with Crippen LogP contribution in [-0.4, -0.2) is 10.9 Å². The van der Waals surface area contributed by atoms with E-state index in [-0.39, 0.29) is 31.6 Å². The van der Waals surface area contributed by atoms with Gasteiger partial charge in [0, 0.05) is 11.3 Å². The van der Waals surface area contributed by atoms with Gasteiger partial charge < -0.3 is 5.32 Å². The van der Waals surface area contributed by atoms with Gasteiger partial charge in [0.15, 0.2) is 5.82 Å². The van der Waals surface area contributed by atoms with Gasteiger partial charge in [-0.05, 0) is 24.3 Å². The van der Waals surface area contributed by atoms with E-state index in [1.54, 1.807) is 0 Å². The predicted molar refractivity (Wildman–Crippen MR) is 78.6 cm³/mol. The van der Waals surface area contributed by atoms with Crippen molar-refractivity contribution >= 4 is 58.0 Å². The van der Waals surface area contributed by atoms with Crippen LogP contribution in [0.15, 0.2) is 24.3 Å². The SMILES string of the molecule is O=C(Nc1cc(Cl)c(F)c(Cl)c1)c1cc(Cl)nc(Cl)c1. The van der Waals surface area contributed by atoms with Gasteiger partial charge in [-0.1, -0.05) is 46.4 Å². The Morgan fingerprint density at radius 1 is 1.00 bits per heavy atom. The van der Waals surface area contributed by atoms with E-state index < -0.39 is 11.7 Å². The number of carbonyl (C=O) groups is 1. The molecule has 1 heterocycles. The molecule has 0 aliphatic heterocycles. The molecule has 0 unspecified atom stereocenters. The van der Waals surface area contributed by atoms with Gasteiger partial charge in [0.1, 0.15) is 10.3 Å². The highest BCUT2D eigenvalue weighted by molar-refractivity contribution is 6.35. The zero-order valence-electron chi connectivity index (χ0n) is 9.55. The van der Waals surface area contributed by atoms with E-state index in [2.05, 4.69) is 10.3 Å². The largest absolute Gasteiger partial charge is 0.322 e. The van der Waals surface area contributed by atoms with Crippen LogP contribution in [0.4, 0.5) is 10.1 Å². The second-order valence-electron chi connectivity index (χ2n) is 3.71. The van der Waals surface area contributed by atoms with Crippen molar-refractivity contribution < 1.29 is 9.18 Å². The molecule has 0 spiro atoms. The lowest BCUT2D eigenvalue weighted by Crippen LogP contribution is -2.12. The maximum Gasteiger partial charge on any atom is 0.255 e. The number of hydrogen-bond acceptors (Lipinski definition) is 2. The van der Waals surface area contributed by atoms with Crippen LogP contribution in [-0.2, 0) is 0 Å². The number of anilines is 1. The third kappa shape index (κ3) is 3.52. The van der Waals surface area contributed by atoms with Gasteiger partial charge in [0.2, 0.25) is 0 Å². The van der Waals surface area contributed by atoms with E-state index in [0.717, 1.165) is 0 Å². The van der Waals surface area contributed by atoms with Gasteiger partial charge >= 0.3 is 0 Å². The molecule has 2 rings (SSSR count). The molecule has 0 fully saturated rings. The third-order valence-corrected chi connectivity index (χ3v) is 3.20. The van der Waals surface area contributed by atoms with Gasteiger partial charge in [0.05, 0.1) is 10.0 Å². The third-order valence-electron chi connectivity index (χ3n) is 2.27. The Hall–Kier alpha value is -1.07. The zero-order valence-corrected chi connectivity index (χ0v) is 12.6. The van der Waals surface area contributed by atoms with Crippen molar-refractivity contribution in [2.45, 2.75) is 0 Å². The standard InChI is InChI=1S/C12H5Cl4FN2O/c13-7-3-6(4-8(14)11(7)17)18-12(20)5-1-9(15)19-10(16)2-5/h1-4H,(H,18,20). The molecular weight excluding hydrogens is 349 g/mol. The average molecular weight is 354 g/mol. The number of rotatable bonds is 2. The Balaban J connectivity index is 2.28. The molecule has 1 aromatic carbocycles. The van der Waals surface area contributed by atoms with Crippen LogP contribution < -0.4 is 5.32 Å². The van der Waals surface area contributed by atoms with Crippen LogP contribution in [0.5, 0.6) is 0 Å². The Morgan fingerprint density at radius 3 is 2.00 bits per heavy atom. The van der Waals surface area contributed by atoms with Gasteiger partial charge in [0.25, 0.3) is 5.91 Å². The molecule has 20 heavy (non-hydrogen) atoms. The number of halogens is 5. The molecule has 0 atom stereocenters. The highest BCUT2D eigenvalue weighted by Crippen LogP contribution is 2.27. The minimum absolute atomic E-state index is 0.0813. The van der Waals surface area contributed by atoms with Crippen LogP contribution >= 0.6 is 46.4 Å². The zero-order chi connectivity index (χ0) is 14.9. The molecule has 3 nitrogen and oxygen atoms in total. The molecule has 1 amide bonds. The summed E-state index contributed by atoms with van der Waals surface area (Å²) in [5.74, 6) is -1.25. The van der Waals surface area contributed by atoms with Crippen molar-refractivity contribution in [2.24, 2.45) is 0 Å². The highest BCUT2D eigenvalue weighted by Gasteiger charge is 2.12. The summed E-state index contributed by atoms with van der Waals surface area (Å²) in [6.45, 7) is 0. The van der Waals surface area contributed by atoms with Crippen molar-refractivity contribution in [3.63, 3.8) is 0 Å². The number of nitrogens with zero attached hydrogens (tertiary/aromatic N) is 1. The molecule has 0 aliphatic carbocycles. The number of pyridine rings is 1. The molecule has 8 heteroatoms. The summed E-state index contributed by atoms with van der Waals surface area (Å²) >= 11 is 22.7. The highest BCUT2D eigenvalue weighted by atomic mass is 35.5. The number of carbonyl (C=O) groups excluding carboxylic acids is 1. The summed E-state index contributed by atoms with van der Waals surface area (Å²) in [6.07, 6.45) is 0. The van der Waals surface area contributed by atoms with E-state index >= 15 is 0 Å². The van der Waals surface area contributed by atoms with Crippen LogP contribution in [0.2, 0.25) is 20.4 Å². The normalized spacial score (nSPS) is 10.4. The number of aromatic nitrogens is 1. The Labute approximate surface area is 133 Å². The molecule has 0 radical (unpaired) electrons. The van der Waals surface area contributed by atoms with Gasteiger partial charge in [-0.15, -0.1) is 0 Å². The van der Waals surface area contributed by atoms with Crippen molar-refractivity contribution in [3.05, 3.63) is 56.0 Å². The monoisotopic (exact) mass is 352 g/mol. The second kappa shape index (κ2) is 6.14. The Bertz CT molecular complexity index is 650. The number of amides is 1. The van der Waals surface area contributed by atoms with Gasteiger partial charge in [-0.25, -0.2) is 9.37 Å². The molecule has 0 saturated carbocycles. The number of nitrogens with one attached hydrogen (secondary N) is 1. The lowest BCUT2D eigenvalue weighted by atomic mass is 10.2. The average Bonchev–Trinajstić information content (AvgIpc) is 2.34. The lowest BCUT2D eigenvalue weighted by Gasteiger charge is -2.07. The molecule has 1 N–H and O–H groups in total. The first-order chi connectivity index (χ1) is 9.36. The maximum absolute atomic E-state index is 13.3. The lowest BCUT2D eigenvalue weighted by molar-refractivity contribution is 0.102. The second-order valence-corrected chi connectivity index (χ2v) is 5.30. The minimum atomic E-state index is -0.749. The van der Waals surface area contributed by atoms with Crippen molar-refractivity contribution in [3.8, 4) is 0 Å². The summed E-state index contributed by atoms with van der Waals surface area (Å²) < 4.78 is 13.3. The number of hydrogen-bond donors (Lipinski definition) is 1. The first-order valence-electron chi connectivity index (χ1n) is 5.16. The molecule has 0 bridgehead atoms. The fraction of sp³-hybridized carbons (Fsp3) is 0. The van der Waals surface area contributed by atoms with E-state index in [1.165, 1.54) is 24.3 Å². The van der Waals surface area contributed by atoms with Crippen LogP contribution in [0.3, 0.4) is 0 Å². The molecule has 1 aromatic heterocycles. The topological polar surface area (TPSA) is 42.0 Å². The van der Waals surface area contributed by atoms with E-state index in [1.807, 2.05) is 0 Å². The summed E-state index contributed by atoms with van der Waals surface area (Å²) in [6, 6.07) is 5.17. The molecule has 0 saturated heterocycles. The predicted octanol–water partition coefficient (Wildman–Crippen LogP) is 5.09. The summed E-state index contributed by atoms with van der Waals surface area (Å²) in [5.41, 5.74) is 0.446. The van der Waals surface area contributed by atoms with Gasteiger partial charge in [-0.2, -0.15) is 0 Å². The molecular formula is C12H5Cl4FN2O. The Morgan fingerprint density at radius 2 is 1.50 bits per heavy atom. The smallest absolute Gasteiger partial charge is 0.255 e. The molecule has 2 aromatic rings. The van der Waals surface area contributed by atoms with E-state index in [9.17, 15) is 9.18 Å². The summed E-state index contributed by atoms with van der Waals surface area (Å²) in [5, 5.41) is 2.27. The summed E-state index contributed by atoms with van der Waals surface area (Å²) in [4.78, 5) is 15.7. The van der Waals surface area contributed by atoms with Crippen molar-refractivity contribution in [2.75, 3.05) is 5.32 Å². The first-order valence-corrected chi connectivity index (χ1v) is 6.67. The van der Waals surface area contributed by atoms with Crippen molar-refractivity contribution in [1.29, 1.82) is 0 Å².